The number of nitrogens with two attached hydrogens (primary N) is 2. The van der Waals surface area contributed by atoms with Crippen molar-refractivity contribution in [3.05, 3.63) is 0 Å². The number of amides is 3. The molecular formula is C25H49BrCl3N5O7. The number of carboxylic acid groups (broad SMARTS) is 1. The summed E-state index contributed by atoms with van der Waals surface area (Å²) in [4.78, 5) is 63.1. The molecule has 2 atom stereocenters. The number of likely N-dealkylation sites (N-methyl/N-ethyl adjacent to an activating group) is 1. The Morgan fingerprint density at radius 2 is 1.32 bits per heavy atom. The number of hydrogen-bond acceptors (Lipinski definition) is 8. The van der Waals surface area contributed by atoms with Crippen LogP contribution in [0.3, 0.4) is 0 Å². The highest BCUT2D eigenvalue weighted by molar-refractivity contribution is 9.09. The number of rotatable bonds is 15. The van der Waals surface area contributed by atoms with Crippen molar-refractivity contribution in [2.24, 2.45) is 11.5 Å². The molecule has 0 spiro atoms. The molecule has 0 heterocycles. The van der Waals surface area contributed by atoms with E-state index in [2.05, 4.69) is 45.7 Å². The molecular weight excluding hydrogens is 669 g/mol. The van der Waals surface area contributed by atoms with Crippen molar-refractivity contribution in [1.29, 1.82) is 0 Å². The van der Waals surface area contributed by atoms with Gasteiger partial charge in [-0.15, -0.1) is 11.6 Å². The summed E-state index contributed by atoms with van der Waals surface area (Å²) in [6, 6.07) is -1.36. The zero-order valence-corrected chi connectivity index (χ0v) is 28.6. The minimum Gasteiger partial charge on any atom is -0.480 e. The fourth-order valence-corrected chi connectivity index (χ4v) is 2.12. The Kier molecular flexibility index (Phi) is 46.2. The highest BCUT2D eigenvalue weighted by Crippen LogP contribution is 1.98. The lowest BCUT2D eigenvalue weighted by Crippen LogP contribution is -2.47. The Bertz CT molecular complexity index is 694. The minimum absolute atomic E-state index is 0.112. The Hall–Kier alpha value is -1.51. The van der Waals surface area contributed by atoms with Gasteiger partial charge in [0.2, 0.25) is 28.2 Å². The monoisotopic (exact) mass is 715 g/mol. The van der Waals surface area contributed by atoms with Crippen molar-refractivity contribution >= 4 is 84.9 Å². The SMILES string of the molecule is CCC.CCC(=O)Cl.CCC(=O)Cl.CCNC(=O)[C@H](CCCNC(=O)CBr)NC(=O)CCl.NCCC[C@H](N)C(=O)O. The third kappa shape index (κ3) is 48.6. The molecule has 0 aromatic heterocycles. The number of nitrogens with one attached hydrogen (secondary N) is 3. The lowest BCUT2D eigenvalue weighted by Gasteiger charge is -2.17. The van der Waals surface area contributed by atoms with Crippen LogP contribution in [0, 0.1) is 0 Å². The van der Waals surface area contributed by atoms with Gasteiger partial charge in [-0.25, -0.2) is 0 Å². The van der Waals surface area contributed by atoms with Crippen LogP contribution in [-0.4, -0.2) is 82.2 Å². The summed E-state index contributed by atoms with van der Waals surface area (Å²) in [7, 11) is 0. The van der Waals surface area contributed by atoms with Crippen molar-refractivity contribution in [3.63, 3.8) is 0 Å². The van der Waals surface area contributed by atoms with Crippen molar-refractivity contribution in [1.82, 2.24) is 16.0 Å². The Balaban J connectivity index is -0.000000161. The van der Waals surface area contributed by atoms with Crippen molar-refractivity contribution < 1.29 is 33.9 Å². The van der Waals surface area contributed by atoms with Gasteiger partial charge >= 0.3 is 5.97 Å². The lowest BCUT2D eigenvalue weighted by molar-refractivity contribution is -0.138. The molecule has 3 amide bonds. The third-order valence-corrected chi connectivity index (χ3v) is 5.12. The Morgan fingerprint density at radius 3 is 1.63 bits per heavy atom. The van der Waals surface area contributed by atoms with Crippen LogP contribution in [0.25, 0.3) is 0 Å². The van der Waals surface area contributed by atoms with Crippen LogP contribution in [0.15, 0.2) is 0 Å². The molecule has 0 unspecified atom stereocenters. The summed E-state index contributed by atoms with van der Waals surface area (Å²) in [5, 5.41) is 15.8. The minimum atomic E-state index is -0.955. The van der Waals surface area contributed by atoms with Gasteiger partial charge < -0.3 is 32.5 Å². The summed E-state index contributed by atoms with van der Waals surface area (Å²) in [6.07, 6.45) is 4.28. The number of carbonyl (C=O) groups excluding carboxylic acids is 5. The van der Waals surface area contributed by atoms with Gasteiger partial charge in [0.05, 0.1) is 5.33 Å². The van der Waals surface area contributed by atoms with E-state index in [9.17, 15) is 28.8 Å². The molecule has 0 aromatic rings. The van der Waals surface area contributed by atoms with Gasteiger partial charge in [-0.2, -0.15) is 0 Å². The molecule has 0 aromatic carbocycles. The summed E-state index contributed by atoms with van der Waals surface area (Å²) in [6.45, 7) is 10.9. The second kappa shape index (κ2) is 38.5. The third-order valence-electron chi connectivity index (χ3n) is 3.83. The van der Waals surface area contributed by atoms with Gasteiger partial charge in [0.25, 0.3) is 0 Å². The number of aliphatic carboxylic acids is 1. The fourth-order valence-electron chi connectivity index (χ4n) is 1.84. The largest absolute Gasteiger partial charge is 0.480 e. The zero-order chi connectivity index (χ0) is 33.2. The van der Waals surface area contributed by atoms with Crippen LogP contribution in [0.4, 0.5) is 0 Å². The van der Waals surface area contributed by atoms with Crippen molar-refractivity contribution in [2.45, 2.75) is 91.6 Å². The summed E-state index contributed by atoms with van der Waals surface area (Å²) in [5.41, 5.74) is 10.3. The Labute approximate surface area is 267 Å². The molecule has 0 fully saturated rings. The van der Waals surface area contributed by atoms with E-state index in [1.54, 1.807) is 20.8 Å². The van der Waals surface area contributed by atoms with E-state index < -0.39 is 18.1 Å². The van der Waals surface area contributed by atoms with Crippen molar-refractivity contribution in [2.75, 3.05) is 30.8 Å². The average Bonchev–Trinajstić information content (AvgIpc) is 2.94. The first-order valence-corrected chi connectivity index (χ1v) is 15.6. The first kappa shape index (κ1) is 49.2. The number of carbonyl (C=O) groups is 6. The summed E-state index contributed by atoms with van der Waals surface area (Å²) in [5.74, 6) is -1.88. The van der Waals surface area contributed by atoms with Crippen LogP contribution in [0.2, 0.25) is 0 Å². The second-order valence-corrected chi connectivity index (χ2v) is 9.45. The van der Waals surface area contributed by atoms with Crippen LogP contribution >= 0.6 is 50.7 Å². The van der Waals surface area contributed by atoms with Crippen molar-refractivity contribution in [3.8, 4) is 0 Å². The van der Waals surface area contributed by atoms with Gasteiger partial charge in [0.1, 0.15) is 18.0 Å². The second-order valence-electron chi connectivity index (χ2n) is 7.77. The lowest BCUT2D eigenvalue weighted by atomic mass is 10.1. The van der Waals surface area contributed by atoms with Gasteiger partial charge in [-0.05, 0) is 62.4 Å². The van der Waals surface area contributed by atoms with Crippen LogP contribution < -0.4 is 27.4 Å². The average molecular weight is 718 g/mol. The highest BCUT2D eigenvalue weighted by Gasteiger charge is 2.19. The highest BCUT2D eigenvalue weighted by atomic mass is 79.9. The smallest absolute Gasteiger partial charge is 0.320 e. The first-order valence-electron chi connectivity index (χ1n) is 13.2. The first-order chi connectivity index (χ1) is 19.2. The molecule has 41 heavy (non-hydrogen) atoms. The predicted molar refractivity (Wildman–Crippen MR) is 170 cm³/mol. The molecule has 0 rings (SSSR count). The maximum absolute atomic E-state index is 11.7. The van der Waals surface area contributed by atoms with E-state index in [1.807, 2.05) is 0 Å². The maximum atomic E-state index is 11.7. The number of alkyl halides is 2. The number of hydrogen-bond donors (Lipinski definition) is 6. The topological polar surface area (TPSA) is 211 Å². The fraction of sp³-hybridized carbons (Fsp3) is 0.760. The van der Waals surface area contributed by atoms with Crippen LogP contribution in [0.5, 0.6) is 0 Å². The predicted octanol–water partition coefficient (Wildman–Crippen LogP) is 3.01. The van der Waals surface area contributed by atoms with Gasteiger partial charge in [-0.3, -0.25) is 28.8 Å². The van der Waals surface area contributed by atoms with Crippen LogP contribution in [-0.2, 0) is 28.8 Å². The van der Waals surface area contributed by atoms with E-state index in [1.165, 1.54) is 6.42 Å². The molecule has 244 valence electrons. The van der Waals surface area contributed by atoms with Crippen LogP contribution in [0.1, 0.15) is 79.6 Å². The molecule has 0 saturated carbocycles. The molecule has 0 saturated heterocycles. The van der Waals surface area contributed by atoms with E-state index >= 15 is 0 Å². The number of carboxylic acids is 1. The molecule has 0 aliphatic carbocycles. The van der Waals surface area contributed by atoms with E-state index in [0.717, 1.165) is 0 Å². The molecule has 12 nitrogen and oxygen atoms in total. The molecule has 16 heteroatoms. The van der Waals surface area contributed by atoms with E-state index in [-0.39, 0.29) is 39.4 Å². The molecule has 0 bridgehead atoms. The summed E-state index contributed by atoms with van der Waals surface area (Å²) < 4.78 is 0. The number of halogens is 4. The maximum Gasteiger partial charge on any atom is 0.320 e. The van der Waals surface area contributed by atoms with E-state index in [0.29, 0.717) is 58.2 Å². The standard InChI is InChI=1S/C11H19BrClN3O3.C5H12N2O2.2C3H5ClO.C3H8/c1-2-14-11(19)8(16-10(18)7-13)4-3-5-15-9(17)6-12;6-3-1-2-4(7)5(8)9;2*1-2-3(4)5;1-3-2/h8H,2-7H2,1H3,(H,14,19)(H,15,17)(H,16,18);4H,1-3,6-7H2,(H,8,9);2*2H2,1H3;3H2,1-2H3/t8-;4-;;;/m00.../s1. The van der Waals surface area contributed by atoms with Gasteiger partial charge in [0.15, 0.2) is 0 Å². The van der Waals surface area contributed by atoms with Gasteiger partial charge in [-0.1, -0.05) is 50.0 Å². The van der Waals surface area contributed by atoms with Gasteiger partial charge in [0, 0.05) is 25.9 Å². The zero-order valence-electron chi connectivity index (χ0n) is 24.7. The normalized spacial score (nSPS) is 10.5. The quantitative estimate of drug-likeness (QED) is 0.0834. The summed E-state index contributed by atoms with van der Waals surface area (Å²) >= 11 is 18.1. The molecule has 0 radical (unpaired) electrons. The molecule has 8 N–H and O–H groups in total. The molecule has 0 aliphatic rings. The Morgan fingerprint density at radius 1 is 0.854 bits per heavy atom. The van der Waals surface area contributed by atoms with E-state index in [4.69, 9.17) is 51.4 Å². The molecule has 0 aliphatic heterocycles.